The van der Waals surface area contributed by atoms with Gasteiger partial charge in [-0.2, -0.15) is 0 Å². The molecule has 3 aromatic rings. The third kappa shape index (κ3) is 2.83. The smallest absolute Gasteiger partial charge is 0.291 e. The van der Waals surface area contributed by atoms with E-state index in [0.717, 1.165) is 10.9 Å². The van der Waals surface area contributed by atoms with Crippen LogP contribution in [-0.2, 0) is 0 Å². The maximum atomic E-state index is 12.4. The molecule has 1 amide bonds. The van der Waals surface area contributed by atoms with Crippen molar-refractivity contribution in [3.8, 4) is 11.6 Å². The lowest BCUT2D eigenvalue weighted by Gasteiger charge is -2.04. The number of aromatic nitrogens is 1. The molecule has 0 saturated carbocycles. The van der Waals surface area contributed by atoms with E-state index in [4.69, 9.17) is 13.9 Å². The molecule has 1 N–H and O–H groups in total. The average Bonchev–Trinajstić information content (AvgIpc) is 2.92. The van der Waals surface area contributed by atoms with Gasteiger partial charge in [-0.15, -0.1) is 0 Å². The van der Waals surface area contributed by atoms with Crippen molar-refractivity contribution in [2.75, 3.05) is 19.5 Å². The zero-order valence-electron chi connectivity index (χ0n) is 13.0. The minimum atomic E-state index is -0.329. The van der Waals surface area contributed by atoms with Gasteiger partial charge in [-0.25, -0.2) is 4.98 Å². The van der Waals surface area contributed by atoms with Crippen molar-refractivity contribution < 1.29 is 18.7 Å². The van der Waals surface area contributed by atoms with E-state index in [0.29, 0.717) is 22.9 Å². The molecule has 0 aliphatic carbocycles. The fraction of sp³-hybridized carbons (Fsp3) is 0.176. The summed E-state index contributed by atoms with van der Waals surface area (Å²) < 4.78 is 15.9. The molecule has 23 heavy (non-hydrogen) atoms. The number of fused-ring (bicyclic) bond motifs is 1. The van der Waals surface area contributed by atoms with Crippen LogP contribution in [0.15, 0.2) is 40.9 Å². The van der Waals surface area contributed by atoms with Crippen LogP contribution in [0.4, 0.5) is 5.69 Å². The molecule has 0 bridgehead atoms. The van der Waals surface area contributed by atoms with Crippen LogP contribution in [-0.4, -0.2) is 25.1 Å². The van der Waals surface area contributed by atoms with Gasteiger partial charge in [0.1, 0.15) is 11.3 Å². The molecule has 0 atom stereocenters. The molecule has 2 heterocycles. The van der Waals surface area contributed by atoms with E-state index in [1.807, 2.05) is 13.0 Å². The van der Waals surface area contributed by atoms with E-state index < -0.39 is 0 Å². The average molecular weight is 312 g/mol. The standard InChI is InChI=1S/C17H16N2O4/c1-10-13-8-12(21-2)5-6-14(13)23-16(10)17(20)19-11-4-7-15(22-3)18-9-11/h4-9H,1-3H3,(H,19,20). The Morgan fingerprint density at radius 1 is 1.17 bits per heavy atom. The van der Waals surface area contributed by atoms with Crippen LogP contribution < -0.4 is 14.8 Å². The highest BCUT2D eigenvalue weighted by Gasteiger charge is 2.18. The zero-order chi connectivity index (χ0) is 16.4. The first kappa shape index (κ1) is 14.9. The number of methoxy groups -OCH3 is 2. The topological polar surface area (TPSA) is 73.6 Å². The van der Waals surface area contributed by atoms with Gasteiger partial charge in [-0.1, -0.05) is 0 Å². The minimum absolute atomic E-state index is 0.268. The molecular weight excluding hydrogens is 296 g/mol. The number of ether oxygens (including phenoxy) is 2. The Bertz CT molecular complexity index is 853. The Morgan fingerprint density at radius 2 is 2.00 bits per heavy atom. The predicted octanol–water partition coefficient (Wildman–Crippen LogP) is 3.41. The van der Waals surface area contributed by atoms with E-state index in [1.165, 1.54) is 13.3 Å². The maximum absolute atomic E-state index is 12.4. The van der Waals surface area contributed by atoms with Crippen LogP contribution >= 0.6 is 0 Å². The number of nitrogens with zero attached hydrogens (tertiary/aromatic N) is 1. The largest absolute Gasteiger partial charge is 0.497 e. The summed E-state index contributed by atoms with van der Waals surface area (Å²) in [5, 5.41) is 3.61. The fourth-order valence-electron chi connectivity index (χ4n) is 2.31. The number of hydrogen-bond donors (Lipinski definition) is 1. The third-order valence-corrected chi connectivity index (χ3v) is 3.55. The van der Waals surface area contributed by atoms with E-state index in [9.17, 15) is 4.79 Å². The van der Waals surface area contributed by atoms with Crippen LogP contribution in [0.1, 0.15) is 16.1 Å². The number of carbonyl (C=O) groups excluding carboxylic acids is 1. The Morgan fingerprint density at radius 3 is 2.65 bits per heavy atom. The summed E-state index contributed by atoms with van der Waals surface area (Å²) in [6, 6.07) is 8.81. The molecule has 6 nitrogen and oxygen atoms in total. The minimum Gasteiger partial charge on any atom is -0.497 e. The van der Waals surface area contributed by atoms with Crippen molar-refractivity contribution in [3.05, 3.63) is 47.9 Å². The van der Waals surface area contributed by atoms with Crippen LogP contribution in [0.2, 0.25) is 0 Å². The van der Waals surface area contributed by atoms with Crippen molar-refractivity contribution in [2.45, 2.75) is 6.92 Å². The normalized spacial score (nSPS) is 10.6. The SMILES string of the molecule is COc1ccc2oc(C(=O)Nc3ccc(OC)nc3)c(C)c2c1. The number of pyridine rings is 1. The lowest BCUT2D eigenvalue weighted by atomic mass is 10.1. The summed E-state index contributed by atoms with van der Waals surface area (Å²) in [5.74, 6) is 1.14. The first-order chi connectivity index (χ1) is 11.1. The van der Waals surface area contributed by atoms with Gasteiger partial charge in [-0.3, -0.25) is 4.79 Å². The van der Waals surface area contributed by atoms with Gasteiger partial charge >= 0.3 is 0 Å². The Labute approximate surface area is 133 Å². The van der Waals surface area contributed by atoms with E-state index in [2.05, 4.69) is 10.3 Å². The first-order valence-corrected chi connectivity index (χ1v) is 7.01. The lowest BCUT2D eigenvalue weighted by molar-refractivity contribution is 0.0998. The lowest BCUT2D eigenvalue weighted by Crippen LogP contribution is -2.12. The van der Waals surface area contributed by atoms with E-state index in [-0.39, 0.29) is 11.7 Å². The van der Waals surface area contributed by atoms with Crippen molar-refractivity contribution in [1.82, 2.24) is 4.98 Å². The van der Waals surface area contributed by atoms with Crippen LogP contribution in [0, 0.1) is 6.92 Å². The van der Waals surface area contributed by atoms with Gasteiger partial charge in [0.2, 0.25) is 5.88 Å². The molecule has 0 spiro atoms. The highest BCUT2D eigenvalue weighted by Crippen LogP contribution is 2.29. The molecule has 0 unspecified atom stereocenters. The molecule has 1 aromatic carbocycles. The Balaban J connectivity index is 1.89. The quantitative estimate of drug-likeness (QED) is 0.799. The highest BCUT2D eigenvalue weighted by molar-refractivity contribution is 6.06. The molecule has 6 heteroatoms. The van der Waals surface area contributed by atoms with Crippen molar-refractivity contribution in [3.63, 3.8) is 0 Å². The van der Waals surface area contributed by atoms with Gasteiger partial charge < -0.3 is 19.2 Å². The molecule has 0 aliphatic heterocycles. The number of furan rings is 1. The zero-order valence-corrected chi connectivity index (χ0v) is 13.0. The number of anilines is 1. The fourth-order valence-corrected chi connectivity index (χ4v) is 2.31. The summed E-state index contributed by atoms with van der Waals surface area (Å²) in [7, 11) is 3.13. The number of hydrogen-bond acceptors (Lipinski definition) is 5. The molecule has 3 rings (SSSR count). The summed E-state index contributed by atoms with van der Waals surface area (Å²) >= 11 is 0. The van der Waals surface area contributed by atoms with Gasteiger partial charge in [0.05, 0.1) is 26.1 Å². The molecule has 0 fully saturated rings. The van der Waals surface area contributed by atoms with Gasteiger partial charge in [0, 0.05) is 17.0 Å². The van der Waals surface area contributed by atoms with Crippen LogP contribution in [0.25, 0.3) is 11.0 Å². The molecule has 118 valence electrons. The number of nitrogens with one attached hydrogen (secondary N) is 1. The maximum Gasteiger partial charge on any atom is 0.291 e. The predicted molar refractivity (Wildman–Crippen MR) is 86.2 cm³/mol. The number of aryl methyl sites for hydroxylation is 1. The van der Waals surface area contributed by atoms with Crippen LogP contribution in [0.3, 0.4) is 0 Å². The van der Waals surface area contributed by atoms with Gasteiger partial charge in [-0.05, 0) is 31.2 Å². The van der Waals surface area contributed by atoms with E-state index in [1.54, 1.807) is 31.4 Å². The molecule has 2 aromatic heterocycles. The summed E-state index contributed by atoms with van der Waals surface area (Å²) in [6.07, 6.45) is 1.53. The second-order valence-electron chi connectivity index (χ2n) is 4.96. The molecular formula is C17H16N2O4. The summed E-state index contributed by atoms with van der Waals surface area (Å²) in [5.41, 5.74) is 1.97. The van der Waals surface area contributed by atoms with Gasteiger partial charge in [0.15, 0.2) is 5.76 Å². The number of benzene rings is 1. The van der Waals surface area contributed by atoms with Crippen LogP contribution in [0.5, 0.6) is 11.6 Å². The third-order valence-electron chi connectivity index (χ3n) is 3.55. The Hall–Kier alpha value is -3.02. The highest BCUT2D eigenvalue weighted by atomic mass is 16.5. The number of amides is 1. The Kier molecular flexibility index (Phi) is 3.89. The second-order valence-corrected chi connectivity index (χ2v) is 4.96. The van der Waals surface area contributed by atoms with Crippen molar-refractivity contribution >= 4 is 22.6 Å². The summed E-state index contributed by atoms with van der Waals surface area (Å²) in [6.45, 7) is 1.84. The number of rotatable bonds is 4. The monoisotopic (exact) mass is 312 g/mol. The number of carbonyl (C=O) groups is 1. The summed E-state index contributed by atoms with van der Waals surface area (Å²) in [4.78, 5) is 16.5. The first-order valence-electron chi connectivity index (χ1n) is 7.01. The molecule has 0 radical (unpaired) electrons. The molecule has 0 saturated heterocycles. The second kappa shape index (κ2) is 6.00. The van der Waals surface area contributed by atoms with Crippen molar-refractivity contribution in [1.29, 1.82) is 0 Å². The molecule has 0 aliphatic rings. The van der Waals surface area contributed by atoms with E-state index >= 15 is 0 Å². The van der Waals surface area contributed by atoms with Gasteiger partial charge in [0.25, 0.3) is 5.91 Å². The van der Waals surface area contributed by atoms with Crippen molar-refractivity contribution in [2.24, 2.45) is 0 Å².